The summed E-state index contributed by atoms with van der Waals surface area (Å²) >= 11 is 1.60. The second-order valence-electron chi connectivity index (χ2n) is 7.23. The number of nitrogens with zero attached hydrogens (tertiary/aromatic N) is 1. The first-order valence-electron chi connectivity index (χ1n) is 8.22. The van der Waals surface area contributed by atoms with Gasteiger partial charge in [0, 0.05) is 10.4 Å². The molecule has 130 valence electrons. The summed E-state index contributed by atoms with van der Waals surface area (Å²) in [4.78, 5) is 5.85. The van der Waals surface area contributed by atoms with Crippen molar-refractivity contribution < 1.29 is 9.50 Å². The van der Waals surface area contributed by atoms with Crippen LogP contribution in [0.3, 0.4) is 0 Å². The Morgan fingerprint density at radius 1 is 1.29 bits per heavy atom. The molecule has 2 aromatic rings. The number of halogens is 1. The van der Waals surface area contributed by atoms with E-state index in [1.165, 1.54) is 12.1 Å². The number of hydrogen-bond donors (Lipinski definition) is 1. The Bertz CT molecular complexity index is 716. The van der Waals surface area contributed by atoms with Crippen molar-refractivity contribution in [3.63, 3.8) is 0 Å². The average Bonchev–Trinajstić information content (AvgIpc) is 2.88. The van der Waals surface area contributed by atoms with Crippen molar-refractivity contribution in [2.24, 2.45) is 11.3 Å². The Hall–Kier alpha value is -1.52. The normalized spacial score (nSPS) is 14.5. The maximum absolute atomic E-state index is 13.1. The van der Waals surface area contributed by atoms with Gasteiger partial charge in [-0.2, -0.15) is 0 Å². The third-order valence-electron chi connectivity index (χ3n) is 4.75. The minimum Gasteiger partial charge on any atom is -0.393 e. The van der Waals surface area contributed by atoms with Crippen LogP contribution in [0.1, 0.15) is 44.7 Å². The minimum absolute atomic E-state index is 0.175. The maximum atomic E-state index is 13.1. The highest BCUT2D eigenvalue weighted by Crippen LogP contribution is 2.38. The summed E-state index contributed by atoms with van der Waals surface area (Å²) in [6, 6.07) is 6.41. The zero-order valence-corrected chi connectivity index (χ0v) is 15.9. The van der Waals surface area contributed by atoms with E-state index in [-0.39, 0.29) is 23.3 Å². The summed E-state index contributed by atoms with van der Waals surface area (Å²) in [6.07, 6.45) is 0.464. The Morgan fingerprint density at radius 3 is 2.42 bits per heavy atom. The second-order valence-corrected chi connectivity index (χ2v) is 8.43. The first-order chi connectivity index (χ1) is 11.1. The van der Waals surface area contributed by atoms with E-state index >= 15 is 0 Å². The van der Waals surface area contributed by atoms with Crippen LogP contribution in [0.25, 0.3) is 16.1 Å². The molecule has 2 unspecified atom stereocenters. The van der Waals surface area contributed by atoms with E-state index in [0.717, 1.165) is 33.1 Å². The zero-order chi connectivity index (χ0) is 18.1. The minimum atomic E-state index is -0.376. The lowest BCUT2D eigenvalue weighted by molar-refractivity contribution is 0.0537. The predicted octanol–water partition coefficient (Wildman–Crippen LogP) is 5.70. The second kappa shape index (κ2) is 7.16. The summed E-state index contributed by atoms with van der Waals surface area (Å²) in [5.41, 5.74) is 2.66. The average molecular weight is 347 g/mol. The molecule has 1 heterocycles. The van der Waals surface area contributed by atoms with E-state index in [2.05, 4.69) is 27.4 Å². The molecule has 2 rings (SSSR count). The fraction of sp³-hybridized carbons (Fsp3) is 0.450. The van der Waals surface area contributed by atoms with Crippen LogP contribution in [0, 0.1) is 24.1 Å². The molecule has 1 aromatic heterocycles. The standard InChI is InChI=1S/C20H26FNOS/c1-12(11-20(5,6)15(4)23)13(2)18-14(3)24-19(22-18)16-7-9-17(21)10-8-16/h7-10,12,15,23H,2,11H2,1,3-6H3. The topological polar surface area (TPSA) is 33.1 Å². The molecule has 0 radical (unpaired) electrons. The van der Waals surface area contributed by atoms with Crippen molar-refractivity contribution in [3.8, 4) is 10.6 Å². The third kappa shape index (κ3) is 4.11. The van der Waals surface area contributed by atoms with Crippen molar-refractivity contribution in [2.75, 3.05) is 0 Å². The third-order valence-corrected chi connectivity index (χ3v) is 5.77. The highest BCUT2D eigenvalue weighted by atomic mass is 32.1. The quantitative estimate of drug-likeness (QED) is 0.726. The molecule has 24 heavy (non-hydrogen) atoms. The van der Waals surface area contributed by atoms with Crippen molar-refractivity contribution in [1.29, 1.82) is 0 Å². The number of aliphatic hydroxyl groups is 1. The molecule has 0 amide bonds. The van der Waals surface area contributed by atoms with Crippen LogP contribution >= 0.6 is 11.3 Å². The van der Waals surface area contributed by atoms with Crippen LogP contribution in [0.5, 0.6) is 0 Å². The number of allylic oxidation sites excluding steroid dienone is 1. The number of thiazole rings is 1. The Labute approximate surface area is 148 Å². The van der Waals surface area contributed by atoms with E-state index in [4.69, 9.17) is 4.98 Å². The van der Waals surface area contributed by atoms with Crippen LogP contribution in [0.2, 0.25) is 0 Å². The summed E-state index contributed by atoms with van der Waals surface area (Å²) in [6.45, 7) is 14.4. The molecule has 0 saturated heterocycles. The molecule has 0 fully saturated rings. The molecule has 0 aliphatic carbocycles. The Morgan fingerprint density at radius 2 is 1.88 bits per heavy atom. The first kappa shape index (κ1) is 18.8. The van der Waals surface area contributed by atoms with E-state index < -0.39 is 0 Å². The zero-order valence-electron chi connectivity index (χ0n) is 15.1. The molecule has 1 N–H and O–H groups in total. The Kier molecular flexibility index (Phi) is 5.61. The number of aryl methyl sites for hydroxylation is 1. The van der Waals surface area contributed by atoms with Crippen molar-refractivity contribution in [2.45, 2.75) is 47.1 Å². The van der Waals surface area contributed by atoms with Gasteiger partial charge in [0.2, 0.25) is 0 Å². The van der Waals surface area contributed by atoms with E-state index in [1.54, 1.807) is 23.5 Å². The summed E-state index contributed by atoms with van der Waals surface area (Å²) in [7, 11) is 0. The smallest absolute Gasteiger partial charge is 0.124 e. The van der Waals surface area contributed by atoms with Crippen LogP contribution in [0.4, 0.5) is 4.39 Å². The lowest BCUT2D eigenvalue weighted by Gasteiger charge is -2.31. The van der Waals surface area contributed by atoms with Gasteiger partial charge in [-0.3, -0.25) is 0 Å². The monoisotopic (exact) mass is 347 g/mol. The Balaban J connectivity index is 2.23. The van der Waals surface area contributed by atoms with Gasteiger partial charge in [0.15, 0.2) is 0 Å². The molecule has 0 aliphatic rings. The van der Waals surface area contributed by atoms with Gasteiger partial charge in [-0.05, 0) is 61.4 Å². The molecular weight excluding hydrogens is 321 g/mol. The maximum Gasteiger partial charge on any atom is 0.124 e. The molecule has 0 bridgehead atoms. The van der Waals surface area contributed by atoms with Crippen LogP contribution in [-0.4, -0.2) is 16.2 Å². The fourth-order valence-corrected chi connectivity index (χ4v) is 3.68. The van der Waals surface area contributed by atoms with Crippen LogP contribution in [-0.2, 0) is 0 Å². The van der Waals surface area contributed by atoms with Crippen molar-refractivity contribution >= 4 is 16.9 Å². The fourth-order valence-electron chi connectivity index (χ4n) is 2.73. The van der Waals surface area contributed by atoms with Gasteiger partial charge >= 0.3 is 0 Å². The van der Waals surface area contributed by atoms with E-state index in [9.17, 15) is 9.50 Å². The molecule has 0 aliphatic heterocycles. The lowest BCUT2D eigenvalue weighted by atomic mass is 9.77. The number of aromatic nitrogens is 1. The molecule has 1 aromatic carbocycles. The van der Waals surface area contributed by atoms with Crippen molar-refractivity contribution in [1.82, 2.24) is 4.98 Å². The molecule has 0 spiro atoms. The van der Waals surface area contributed by atoms with Gasteiger partial charge in [-0.1, -0.05) is 27.4 Å². The SMILES string of the molecule is C=C(c1nc(-c2ccc(F)cc2)sc1C)C(C)CC(C)(C)C(C)O. The van der Waals surface area contributed by atoms with Crippen LogP contribution in [0.15, 0.2) is 30.8 Å². The van der Waals surface area contributed by atoms with Gasteiger partial charge in [0.05, 0.1) is 11.8 Å². The lowest BCUT2D eigenvalue weighted by Crippen LogP contribution is -2.28. The van der Waals surface area contributed by atoms with Gasteiger partial charge in [-0.25, -0.2) is 9.37 Å². The number of benzene rings is 1. The highest BCUT2D eigenvalue weighted by molar-refractivity contribution is 7.15. The first-order valence-corrected chi connectivity index (χ1v) is 9.04. The van der Waals surface area contributed by atoms with Gasteiger partial charge in [0.1, 0.15) is 10.8 Å². The number of hydrogen-bond acceptors (Lipinski definition) is 3. The van der Waals surface area contributed by atoms with Gasteiger partial charge < -0.3 is 5.11 Å². The molecule has 2 atom stereocenters. The van der Waals surface area contributed by atoms with E-state index in [0.29, 0.717) is 0 Å². The number of aliphatic hydroxyl groups excluding tert-OH is 1. The highest BCUT2D eigenvalue weighted by Gasteiger charge is 2.28. The molecule has 4 heteroatoms. The predicted molar refractivity (Wildman–Crippen MR) is 101 cm³/mol. The van der Waals surface area contributed by atoms with Gasteiger partial charge in [0.25, 0.3) is 0 Å². The number of rotatable bonds is 6. The summed E-state index contributed by atoms with van der Waals surface area (Å²) < 4.78 is 13.1. The summed E-state index contributed by atoms with van der Waals surface area (Å²) in [5, 5.41) is 10.8. The summed E-state index contributed by atoms with van der Waals surface area (Å²) in [5.74, 6) is -0.0258. The molecular formula is C20H26FNOS. The van der Waals surface area contributed by atoms with Crippen molar-refractivity contribution in [3.05, 3.63) is 47.2 Å². The van der Waals surface area contributed by atoms with Crippen LogP contribution < -0.4 is 0 Å². The largest absolute Gasteiger partial charge is 0.393 e. The molecule has 2 nitrogen and oxygen atoms in total. The van der Waals surface area contributed by atoms with Gasteiger partial charge in [-0.15, -0.1) is 11.3 Å². The molecule has 0 saturated carbocycles. The van der Waals surface area contributed by atoms with E-state index in [1.807, 2.05) is 13.8 Å².